The molecule has 0 bridgehead atoms. The van der Waals surface area contributed by atoms with Crippen molar-refractivity contribution in [3.8, 4) is 0 Å². The van der Waals surface area contributed by atoms with Crippen LogP contribution in [0.1, 0.15) is 94.5 Å². The average Bonchev–Trinajstić information content (AvgIpc) is 2.91. The number of para-hydroxylation sites is 1. The van der Waals surface area contributed by atoms with Crippen LogP contribution >= 0.6 is 11.8 Å². The molecule has 7 nitrogen and oxygen atoms in total. The monoisotopic (exact) mass is 597 g/mol. The number of rotatable bonds is 15. The number of thioether (sulfide) groups is 1. The second-order valence-corrected chi connectivity index (χ2v) is 13.0. The summed E-state index contributed by atoms with van der Waals surface area (Å²) in [7, 11) is 0. The lowest BCUT2D eigenvalue weighted by molar-refractivity contribution is -0.141. The number of anilines is 1. The Morgan fingerprint density at radius 2 is 1.64 bits per heavy atom. The van der Waals surface area contributed by atoms with E-state index in [1.807, 2.05) is 69.5 Å². The van der Waals surface area contributed by atoms with Crippen LogP contribution in [0.15, 0.2) is 42.5 Å². The van der Waals surface area contributed by atoms with Crippen LogP contribution < -0.4 is 10.6 Å². The Morgan fingerprint density at radius 1 is 0.952 bits per heavy atom. The van der Waals surface area contributed by atoms with Gasteiger partial charge < -0.3 is 20.3 Å². The molecule has 0 fully saturated rings. The van der Waals surface area contributed by atoms with Crippen LogP contribution in [0.4, 0.5) is 10.5 Å². The predicted octanol–water partition coefficient (Wildman–Crippen LogP) is 7.74. The first-order valence-corrected chi connectivity index (χ1v) is 16.5. The van der Waals surface area contributed by atoms with Gasteiger partial charge in [-0.2, -0.15) is 11.8 Å². The molecule has 2 atom stereocenters. The van der Waals surface area contributed by atoms with Gasteiger partial charge in [-0.05, 0) is 89.1 Å². The van der Waals surface area contributed by atoms with Crippen molar-refractivity contribution < 1.29 is 19.1 Å². The summed E-state index contributed by atoms with van der Waals surface area (Å²) in [5, 5.41) is 5.93. The zero-order chi connectivity index (χ0) is 31.3. The summed E-state index contributed by atoms with van der Waals surface area (Å²) >= 11 is 1.60. The molecule has 42 heavy (non-hydrogen) atoms. The van der Waals surface area contributed by atoms with Crippen LogP contribution in [0, 0.1) is 20.8 Å². The number of benzene rings is 2. The molecule has 0 aromatic heterocycles. The van der Waals surface area contributed by atoms with Crippen LogP contribution in [0.2, 0.25) is 0 Å². The fourth-order valence-corrected chi connectivity index (χ4v) is 5.36. The number of aryl methyl sites for hydroxylation is 3. The van der Waals surface area contributed by atoms with Crippen molar-refractivity contribution in [2.75, 3.05) is 23.9 Å². The largest absolute Gasteiger partial charge is 0.444 e. The Kier molecular flexibility index (Phi) is 14.4. The van der Waals surface area contributed by atoms with E-state index in [2.05, 4.69) is 17.6 Å². The van der Waals surface area contributed by atoms with Gasteiger partial charge >= 0.3 is 6.09 Å². The van der Waals surface area contributed by atoms with Crippen LogP contribution in [0.25, 0.3) is 0 Å². The Bertz CT molecular complexity index is 1180. The summed E-state index contributed by atoms with van der Waals surface area (Å²) < 4.78 is 5.51. The van der Waals surface area contributed by atoms with E-state index in [-0.39, 0.29) is 11.8 Å². The first-order chi connectivity index (χ1) is 19.9. The molecule has 0 aliphatic rings. The lowest BCUT2D eigenvalue weighted by atomic mass is 9.95. The Hall–Kier alpha value is -3.00. The second-order valence-electron chi connectivity index (χ2n) is 12.0. The highest BCUT2D eigenvalue weighted by Gasteiger charge is 2.36. The maximum atomic E-state index is 14.5. The molecule has 3 amide bonds. The molecule has 0 saturated carbocycles. The molecule has 2 aromatic rings. The minimum absolute atomic E-state index is 0.279. The lowest BCUT2D eigenvalue weighted by Crippen LogP contribution is -2.53. The van der Waals surface area contributed by atoms with Gasteiger partial charge in [0.25, 0.3) is 5.91 Å². The van der Waals surface area contributed by atoms with Crippen molar-refractivity contribution in [2.24, 2.45) is 0 Å². The van der Waals surface area contributed by atoms with E-state index in [9.17, 15) is 14.4 Å². The van der Waals surface area contributed by atoms with Gasteiger partial charge in [-0.25, -0.2) is 4.79 Å². The maximum Gasteiger partial charge on any atom is 0.408 e. The summed E-state index contributed by atoms with van der Waals surface area (Å²) in [6.45, 7) is 13.9. The van der Waals surface area contributed by atoms with Gasteiger partial charge in [0.2, 0.25) is 5.91 Å². The number of hydrogen-bond donors (Lipinski definition) is 2. The number of carbonyl (C=O) groups is 3. The molecular weight excluding hydrogens is 546 g/mol. The van der Waals surface area contributed by atoms with Crippen LogP contribution in [-0.2, 0) is 14.3 Å². The minimum atomic E-state index is -0.874. The number of nitrogens with one attached hydrogen (secondary N) is 2. The average molecular weight is 598 g/mol. The highest BCUT2D eigenvalue weighted by atomic mass is 32.2. The summed E-state index contributed by atoms with van der Waals surface area (Å²) in [4.78, 5) is 43.2. The number of unbranched alkanes of at least 4 members (excludes halogenated alkanes) is 4. The van der Waals surface area contributed by atoms with Crippen molar-refractivity contribution in [2.45, 2.75) is 105 Å². The number of nitrogens with zero attached hydrogens (tertiary/aromatic N) is 1. The van der Waals surface area contributed by atoms with E-state index in [0.717, 1.165) is 54.4 Å². The SMILES string of the molecule is CCCCCCCN(C(=O)C(CCSC)NC(=O)OC(C)(C)C)C(C(=O)Nc1ccccc1C)c1ccc(C)cc1C. The fourth-order valence-electron chi connectivity index (χ4n) is 4.89. The molecule has 0 aliphatic carbocycles. The molecule has 2 rings (SSSR count). The summed E-state index contributed by atoms with van der Waals surface area (Å²) in [5.74, 6) is 0.106. The predicted molar refractivity (Wildman–Crippen MR) is 175 cm³/mol. The quantitative estimate of drug-likeness (QED) is 0.205. The molecule has 0 heterocycles. The first-order valence-electron chi connectivity index (χ1n) is 15.1. The third-order valence-corrected chi connectivity index (χ3v) is 7.71. The number of carbonyl (C=O) groups excluding carboxylic acids is 3. The van der Waals surface area contributed by atoms with Crippen molar-refractivity contribution >= 4 is 35.4 Å². The molecule has 8 heteroatoms. The smallest absolute Gasteiger partial charge is 0.408 e. The van der Waals surface area contributed by atoms with Crippen molar-refractivity contribution in [1.82, 2.24) is 10.2 Å². The van der Waals surface area contributed by atoms with E-state index >= 15 is 0 Å². The Morgan fingerprint density at radius 3 is 2.26 bits per heavy atom. The highest BCUT2D eigenvalue weighted by Crippen LogP contribution is 2.29. The van der Waals surface area contributed by atoms with E-state index in [4.69, 9.17) is 4.74 Å². The third kappa shape index (κ3) is 11.3. The molecule has 0 saturated heterocycles. The van der Waals surface area contributed by atoms with Gasteiger partial charge in [-0.3, -0.25) is 9.59 Å². The number of alkyl carbamates (subject to hydrolysis) is 1. The Balaban J connectivity index is 2.57. The topological polar surface area (TPSA) is 87.7 Å². The standard InChI is InChI=1S/C34H51N3O4S/c1-9-10-11-12-15-21-37(32(39)29(20-22-42-8)36-33(40)41-34(5,6)7)30(27-19-18-24(2)23-26(27)4)31(38)35-28-17-14-13-16-25(28)3/h13-14,16-19,23,29-30H,9-12,15,20-22H2,1-8H3,(H,35,38)(H,36,40). The summed E-state index contributed by atoms with van der Waals surface area (Å²) in [6, 6.07) is 11.9. The maximum absolute atomic E-state index is 14.5. The minimum Gasteiger partial charge on any atom is -0.444 e. The molecule has 232 valence electrons. The van der Waals surface area contributed by atoms with Gasteiger partial charge in [0.1, 0.15) is 17.7 Å². The van der Waals surface area contributed by atoms with E-state index in [1.54, 1.807) is 37.4 Å². The number of ether oxygens (including phenoxy) is 1. The van der Waals surface area contributed by atoms with Gasteiger partial charge in [0, 0.05) is 12.2 Å². The van der Waals surface area contributed by atoms with Gasteiger partial charge in [-0.1, -0.05) is 74.6 Å². The molecule has 0 radical (unpaired) electrons. The number of amides is 3. The molecule has 0 aliphatic heterocycles. The van der Waals surface area contributed by atoms with E-state index in [0.29, 0.717) is 24.4 Å². The van der Waals surface area contributed by atoms with Gasteiger partial charge in [-0.15, -0.1) is 0 Å². The normalized spacial score (nSPS) is 12.8. The van der Waals surface area contributed by atoms with Crippen molar-refractivity contribution in [1.29, 1.82) is 0 Å². The van der Waals surface area contributed by atoms with E-state index < -0.39 is 23.8 Å². The summed E-state index contributed by atoms with van der Waals surface area (Å²) in [6.07, 6.45) is 6.75. The molecule has 2 N–H and O–H groups in total. The van der Waals surface area contributed by atoms with Crippen LogP contribution in [-0.4, -0.2) is 53.0 Å². The molecular formula is C34H51N3O4S. The van der Waals surface area contributed by atoms with Crippen LogP contribution in [0.5, 0.6) is 0 Å². The molecule has 2 unspecified atom stereocenters. The summed E-state index contributed by atoms with van der Waals surface area (Å²) in [5.41, 5.74) is 3.73. The zero-order valence-corrected chi connectivity index (χ0v) is 27.7. The lowest BCUT2D eigenvalue weighted by Gasteiger charge is -2.35. The van der Waals surface area contributed by atoms with Gasteiger partial charge in [0.15, 0.2) is 0 Å². The molecule has 2 aromatic carbocycles. The highest BCUT2D eigenvalue weighted by molar-refractivity contribution is 7.98. The van der Waals surface area contributed by atoms with Crippen LogP contribution in [0.3, 0.4) is 0 Å². The fraction of sp³-hybridized carbons (Fsp3) is 0.559. The first kappa shape index (κ1) is 35.2. The second kappa shape index (κ2) is 17.2. The molecule has 0 spiro atoms. The van der Waals surface area contributed by atoms with Crippen molar-refractivity contribution in [3.05, 3.63) is 64.7 Å². The Labute approximate surface area is 257 Å². The van der Waals surface area contributed by atoms with Crippen molar-refractivity contribution in [3.63, 3.8) is 0 Å². The van der Waals surface area contributed by atoms with E-state index in [1.165, 1.54) is 0 Å². The third-order valence-electron chi connectivity index (χ3n) is 7.07. The zero-order valence-electron chi connectivity index (χ0n) is 26.8. The number of hydrogen-bond acceptors (Lipinski definition) is 5. The van der Waals surface area contributed by atoms with Gasteiger partial charge in [0.05, 0.1) is 0 Å².